The molecule has 22 heavy (non-hydrogen) atoms. The van der Waals surface area contributed by atoms with Crippen molar-refractivity contribution in [3.05, 3.63) is 77.9 Å². The summed E-state index contributed by atoms with van der Waals surface area (Å²) in [7, 11) is 0. The van der Waals surface area contributed by atoms with Crippen molar-refractivity contribution in [3.8, 4) is 11.3 Å². The molecule has 0 bridgehead atoms. The number of benzene rings is 3. The summed E-state index contributed by atoms with van der Waals surface area (Å²) in [6, 6.07) is 23.3. The molecule has 5 rings (SSSR count). The van der Waals surface area contributed by atoms with Gasteiger partial charge in [0.05, 0.1) is 11.2 Å². The third-order valence-electron chi connectivity index (χ3n) is 4.39. The molecule has 0 N–H and O–H groups in total. The smallest absolute Gasteiger partial charge is 0.0727 e. The van der Waals surface area contributed by atoms with Crippen LogP contribution >= 0.6 is 0 Å². The summed E-state index contributed by atoms with van der Waals surface area (Å²) in [6.07, 6.45) is 4.43. The summed E-state index contributed by atoms with van der Waals surface area (Å²) in [4.78, 5) is 4.92. The van der Waals surface area contributed by atoms with Crippen LogP contribution in [-0.2, 0) is 0 Å². The molecule has 3 aromatic carbocycles. The van der Waals surface area contributed by atoms with Gasteiger partial charge in [0.1, 0.15) is 0 Å². The van der Waals surface area contributed by atoms with E-state index in [1.165, 1.54) is 27.3 Å². The molecule has 1 heterocycles. The number of hydrogen-bond donors (Lipinski definition) is 0. The highest BCUT2D eigenvalue weighted by atomic mass is 14.7. The number of pyridine rings is 1. The molecule has 1 aromatic heterocycles. The molecule has 0 unspecified atom stereocenters. The Hall–Kier alpha value is -2.93. The number of nitrogens with zero attached hydrogens (tertiary/aromatic N) is 1. The Morgan fingerprint density at radius 1 is 0.727 bits per heavy atom. The van der Waals surface area contributed by atoms with Crippen molar-refractivity contribution in [2.75, 3.05) is 0 Å². The molecule has 1 aliphatic carbocycles. The summed E-state index contributed by atoms with van der Waals surface area (Å²) < 4.78 is 0. The molecule has 102 valence electrons. The van der Waals surface area contributed by atoms with Crippen LogP contribution in [0.3, 0.4) is 0 Å². The van der Waals surface area contributed by atoms with E-state index >= 15 is 0 Å². The second kappa shape index (κ2) is 4.28. The first-order chi connectivity index (χ1) is 10.9. The maximum atomic E-state index is 4.92. The van der Waals surface area contributed by atoms with Gasteiger partial charge in [-0.15, -0.1) is 0 Å². The van der Waals surface area contributed by atoms with Crippen molar-refractivity contribution >= 4 is 33.8 Å². The number of fused-ring (bicyclic) bond motifs is 2. The average molecular weight is 279 g/mol. The van der Waals surface area contributed by atoms with E-state index in [0.717, 1.165) is 16.8 Å². The Morgan fingerprint density at radius 3 is 2.45 bits per heavy atom. The van der Waals surface area contributed by atoms with Crippen LogP contribution in [-0.4, -0.2) is 4.98 Å². The van der Waals surface area contributed by atoms with E-state index in [-0.39, 0.29) is 0 Å². The Labute approximate surface area is 128 Å². The summed E-state index contributed by atoms with van der Waals surface area (Å²) in [6.45, 7) is 0. The van der Waals surface area contributed by atoms with Crippen molar-refractivity contribution in [1.82, 2.24) is 4.98 Å². The Kier molecular flexibility index (Phi) is 2.28. The molecule has 0 spiro atoms. The van der Waals surface area contributed by atoms with Crippen molar-refractivity contribution in [1.29, 1.82) is 0 Å². The molecule has 1 nitrogen and oxygen atoms in total. The minimum absolute atomic E-state index is 1.04. The largest absolute Gasteiger partial charge is 0.248 e. The molecule has 0 aliphatic heterocycles. The molecule has 4 aromatic rings. The molecule has 0 atom stereocenters. The van der Waals surface area contributed by atoms with Gasteiger partial charge >= 0.3 is 0 Å². The molecule has 0 amide bonds. The summed E-state index contributed by atoms with van der Waals surface area (Å²) in [5, 5.41) is 3.83. The first kappa shape index (κ1) is 11.7. The van der Waals surface area contributed by atoms with Crippen molar-refractivity contribution in [3.63, 3.8) is 0 Å². The van der Waals surface area contributed by atoms with Crippen LogP contribution in [0.4, 0.5) is 0 Å². The molecular formula is C21H13N. The van der Waals surface area contributed by atoms with Crippen molar-refractivity contribution in [2.45, 2.75) is 0 Å². The topological polar surface area (TPSA) is 12.9 Å². The van der Waals surface area contributed by atoms with Gasteiger partial charge in [-0.25, -0.2) is 4.98 Å². The van der Waals surface area contributed by atoms with Gasteiger partial charge in [-0.05, 0) is 34.0 Å². The van der Waals surface area contributed by atoms with Crippen LogP contribution in [0, 0.1) is 0 Å². The lowest BCUT2D eigenvalue weighted by Gasteiger charge is -2.09. The maximum absolute atomic E-state index is 4.92. The Bertz CT molecular complexity index is 1060. The minimum atomic E-state index is 1.04. The lowest BCUT2D eigenvalue weighted by Crippen LogP contribution is -1.89. The van der Waals surface area contributed by atoms with E-state index in [9.17, 15) is 0 Å². The van der Waals surface area contributed by atoms with Gasteiger partial charge in [0.15, 0.2) is 0 Å². The van der Waals surface area contributed by atoms with Gasteiger partial charge in [-0.1, -0.05) is 66.7 Å². The molecule has 0 saturated carbocycles. The predicted octanol–water partition coefficient (Wildman–Crippen LogP) is 5.54. The third kappa shape index (κ3) is 1.57. The van der Waals surface area contributed by atoms with Gasteiger partial charge in [-0.3, -0.25) is 0 Å². The van der Waals surface area contributed by atoms with E-state index in [0.29, 0.717) is 0 Å². The summed E-state index contributed by atoms with van der Waals surface area (Å²) in [5.41, 5.74) is 5.85. The Balaban J connectivity index is 1.90. The van der Waals surface area contributed by atoms with Crippen LogP contribution in [0.5, 0.6) is 0 Å². The van der Waals surface area contributed by atoms with Gasteiger partial charge in [-0.2, -0.15) is 0 Å². The quantitative estimate of drug-likeness (QED) is 0.367. The van der Waals surface area contributed by atoms with Gasteiger partial charge in [0.25, 0.3) is 0 Å². The minimum Gasteiger partial charge on any atom is -0.248 e. The standard InChI is InChI=1S/C21H13N/c1-2-6-14(7-3-1)19-13-16-10-11-18-17-9-5-4-8-15(17)12-20(22-19)21(16)18/h1-13H. The maximum Gasteiger partial charge on any atom is 0.0727 e. The van der Waals surface area contributed by atoms with Crippen molar-refractivity contribution < 1.29 is 0 Å². The second-order valence-electron chi connectivity index (χ2n) is 5.70. The highest BCUT2D eigenvalue weighted by molar-refractivity contribution is 6.14. The number of aromatic nitrogens is 1. The summed E-state index contributed by atoms with van der Waals surface area (Å²) in [5.74, 6) is 0. The molecule has 0 fully saturated rings. The molecule has 1 heteroatoms. The van der Waals surface area contributed by atoms with E-state index in [1.54, 1.807) is 0 Å². The number of rotatable bonds is 1. The van der Waals surface area contributed by atoms with Gasteiger partial charge in [0, 0.05) is 10.9 Å². The van der Waals surface area contributed by atoms with Crippen molar-refractivity contribution in [2.24, 2.45) is 0 Å². The lowest BCUT2D eigenvalue weighted by molar-refractivity contribution is 1.40. The predicted molar refractivity (Wildman–Crippen MR) is 93.6 cm³/mol. The fourth-order valence-electron chi connectivity index (χ4n) is 3.37. The fourth-order valence-corrected chi connectivity index (χ4v) is 3.37. The molecule has 1 aliphatic rings. The molecular weight excluding hydrogens is 266 g/mol. The zero-order valence-electron chi connectivity index (χ0n) is 12.0. The van der Waals surface area contributed by atoms with E-state index in [1.807, 2.05) is 6.07 Å². The van der Waals surface area contributed by atoms with E-state index in [4.69, 9.17) is 4.98 Å². The third-order valence-corrected chi connectivity index (χ3v) is 4.39. The van der Waals surface area contributed by atoms with Crippen LogP contribution < -0.4 is 0 Å². The highest BCUT2D eigenvalue weighted by Gasteiger charge is 2.15. The first-order valence-electron chi connectivity index (χ1n) is 7.50. The fraction of sp³-hybridized carbons (Fsp3) is 0. The van der Waals surface area contributed by atoms with Gasteiger partial charge < -0.3 is 0 Å². The van der Waals surface area contributed by atoms with E-state index in [2.05, 4.69) is 72.8 Å². The monoisotopic (exact) mass is 279 g/mol. The second-order valence-corrected chi connectivity index (χ2v) is 5.70. The lowest BCUT2D eigenvalue weighted by atomic mass is 9.99. The van der Waals surface area contributed by atoms with Gasteiger partial charge in [0.2, 0.25) is 0 Å². The zero-order valence-corrected chi connectivity index (χ0v) is 12.0. The Morgan fingerprint density at radius 2 is 1.55 bits per heavy atom. The SMILES string of the molecule is C1=Cc2c3ccccc3cc3nc(-c4ccccc4)cc1c23. The van der Waals surface area contributed by atoms with Crippen LogP contribution in [0.1, 0.15) is 11.1 Å². The van der Waals surface area contributed by atoms with Crippen LogP contribution in [0.25, 0.3) is 45.1 Å². The zero-order chi connectivity index (χ0) is 14.5. The highest BCUT2D eigenvalue weighted by Crippen LogP contribution is 2.37. The average Bonchev–Trinajstić information content (AvgIpc) is 3.01. The van der Waals surface area contributed by atoms with E-state index < -0.39 is 0 Å². The molecule has 0 radical (unpaired) electrons. The first-order valence-corrected chi connectivity index (χ1v) is 7.50. The normalized spacial score (nSPS) is 12.4. The van der Waals surface area contributed by atoms with Crippen LogP contribution in [0.2, 0.25) is 0 Å². The summed E-state index contributed by atoms with van der Waals surface area (Å²) >= 11 is 0. The van der Waals surface area contributed by atoms with Crippen LogP contribution in [0.15, 0.2) is 66.7 Å². The number of hydrogen-bond acceptors (Lipinski definition) is 1. The molecule has 0 saturated heterocycles.